The predicted octanol–water partition coefficient (Wildman–Crippen LogP) is -0.381. The van der Waals surface area contributed by atoms with Crippen molar-refractivity contribution in [3.05, 3.63) is 0 Å². The molecule has 6 nitrogen and oxygen atoms in total. The summed E-state index contributed by atoms with van der Waals surface area (Å²) in [5.74, 6) is 0. The molecule has 0 unspecified atom stereocenters. The van der Waals surface area contributed by atoms with E-state index in [0.29, 0.717) is 0 Å². The van der Waals surface area contributed by atoms with Gasteiger partial charge in [0.05, 0.1) is 13.2 Å². The molecule has 0 rings (SSSR count). The third kappa shape index (κ3) is 226. The first kappa shape index (κ1) is 46.6. The summed E-state index contributed by atoms with van der Waals surface area (Å²) in [4.78, 5) is 0. The van der Waals surface area contributed by atoms with E-state index in [1.807, 2.05) is 0 Å². The van der Waals surface area contributed by atoms with Gasteiger partial charge in [0.25, 0.3) is 0 Å². The number of aliphatic hydroxyl groups excluding tert-OH is 2. The van der Waals surface area contributed by atoms with Crippen LogP contribution in [0.15, 0.2) is 0 Å². The van der Waals surface area contributed by atoms with Gasteiger partial charge in [-0.2, -0.15) is 0 Å². The van der Waals surface area contributed by atoms with E-state index >= 15 is 0 Å². The maximum Gasteiger partial charge on any atom is 0.0662 e. The fraction of sp³-hybridized carbons (Fsp3) is 1.00. The van der Waals surface area contributed by atoms with Crippen LogP contribution in [-0.4, -0.2) is 23.4 Å². The van der Waals surface area contributed by atoms with Crippen LogP contribution in [0.3, 0.4) is 0 Å². The number of hydrogen-bond acceptors (Lipinski definition) is 6. The van der Waals surface area contributed by atoms with Crippen molar-refractivity contribution < 1.29 is 10.2 Å². The van der Waals surface area contributed by atoms with Crippen molar-refractivity contribution in [3.8, 4) is 0 Å². The van der Waals surface area contributed by atoms with Crippen molar-refractivity contribution in [2.24, 2.45) is 0 Å². The van der Waals surface area contributed by atoms with Crippen LogP contribution in [0.5, 0.6) is 0 Å². The Morgan fingerprint density at radius 2 is 0.750 bits per heavy atom. The quantitative estimate of drug-likeness (QED) is 0.281. The smallest absolute Gasteiger partial charge is 0.0662 e. The fourth-order valence-electron chi connectivity index (χ4n) is 0. The van der Waals surface area contributed by atoms with Crippen LogP contribution in [0.25, 0.3) is 0 Å². The minimum absolute atomic E-state index is 0. The monoisotopic (exact) mass is 130 g/mol. The molecule has 0 radical (unpaired) electrons. The van der Waals surface area contributed by atoms with Crippen molar-refractivity contribution >= 4 is 0 Å². The van der Waals surface area contributed by atoms with Gasteiger partial charge in [0, 0.05) is 0 Å². The van der Waals surface area contributed by atoms with E-state index in [4.69, 9.17) is 10.2 Å². The Morgan fingerprint density at radius 1 is 0.625 bits per heavy atom. The van der Waals surface area contributed by atoms with Gasteiger partial charge in [-0.1, -0.05) is 0 Å². The average molecular weight is 130 g/mol. The lowest BCUT2D eigenvalue weighted by Gasteiger charge is -1.70. The molecule has 0 heterocycles. The van der Waals surface area contributed by atoms with Crippen LogP contribution < -0.4 is 24.6 Å². The molecule has 0 spiro atoms. The molecule has 0 amide bonds. The fourth-order valence-corrected chi connectivity index (χ4v) is 0. The van der Waals surface area contributed by atoms with Crippen molar-refractivity contribution in [1.82, 2.24) is 24.6 Å². The lowest BCUT2D eigenvalue weighted by atomic mass is 10.8. The maximum absolute atomic E-state index is 7.62. The van der Waals surface area contributed by atoms with Gasteiger partial charge in [0.1, 0.15) is 0 Å². The van der Waals surface area contributed by atoms with E-state index in [0.717, 1.165) is 0 Å². The van der Waals surface area contributed by atoms with Crippen LogP contribution in [0.2, 0.25) is 0 Å². The number of rotatable bonds is 1. The summed E-state index contributed by atoms with van der Waals surface area (Å²) >= 11 is 0. The van der Waals surface area contributed by atoms with Gasteiger partial charge < -0.3 is 34.8 Å². The Balaban J connectivity index is -0.00000000750. The van der Waals surface area contributed by atoms with Crippen molar-refractivity contribution in [2.75, 3.05) is 13.2 Å². The number of aliphatic hydroxyl groups is 2. The summed E-state index contributed by atoms with van der Waals surface area (Å²) in [5.41, 5.74) is 0. The summed E-state index contributed by atoms with van der Waals surface area (Å²) in [7, 11) is 0. The zero-order valence-electron chi connectivity index (χ0n) is 5.14. The summed E-state index contributed by atoms with van der Waals surface area (Å²) in [6, 6.07) is 0. The minimum Gasteiger partial charge on any atom is -0.394 e. The van der Waals surface area contributed by atoms with Gasteiger partial charge in [0.15, 0.2) is 0 Å². The van der Waals surface area contributed by atoms with E-state index in [9.17, 15) is 0 Å². The van der Waals surface area contributed by atoms with E-state index in [2.05, 4.69) is 0 Å². The first-order chi connectivity index (χ1) is 1.91. The third-order valence-corrected chi connectivity index (χ3v) is 0.1000. The summed E-state index contributed by atoms with van der Waals surface area (Å²) in [6.07, 6.45) is 0. The molecule has 0 aliphatic rings. The Bertz CT molecular complexity index is 14.0. The van der Waals surface area contributed by atoms with Gasteiger partial charge in [-0.05, 0) is 0 Å². The van der Waals surface area contributed by atoms with Gasteiger partial charge >= 0.3 is 0 Å². The molecule has 6 heteroatoms. The van der Waals surface area contributed by atoms with Crippen LogP contribution in [0.4, 0.5) is 0 Å². The van der Waals surface area contributed by atoms with Crippen LogP contribution in [-0.2, 0) is 0 Å². The van der Waals surface area contributed by atoms with Gasteiger partial charge in [-0.25, -0.2) is 0 Å². The predicted molar refractivity (Wildman–Crippen MR) is 34.3 cm³/mol. The van der Waals surface area contributed by atoms with Crippen LogP contribution in [0.1, 0.15) is 0 Å². The van der Waals surface area contributed by atoms with Gasteiger partial charge in [-0.3, -0.25) is 0 Å². The second-order valence-corrected chi connectivity index (χ2v) is 0.447. The molecule has 0 bridgehead atoms. The molecule has 0 saturated carbocycles. The van der Waals surface area contributed by atoms with E-state index in [1.165, 1.54) is 0 Å². The molecular formula is C2H18N4O2. The van der Waals surface area contributed by atoms with E-state index in [-0.39, 0.29) is 37.8 Å². The highest BCUT2D eigenvalue weighted by Crippen LogP contribution is 1.39. The number of hydrogen-bond donors (Lipinski definition) is 6. The molecule has 0 aromatic heterocycles. The molecule has 0 saturated heterocycles. The summed E-state index contributed by atoms with van der Waals surface area (Å²) in [5, 5.41) is 15.2. The van der Waals surface area contributed by atoms with Crippen molar-refractivity contribution in [3.63, 3.8) is 0 Å². The Hall–Kier alpha value is -0.240. The molecule has 0 atom stereocenters. The van der Waals surface area contributed by atoms with Gasteiger partial charge in [0.2, 0.25) is 0 Å². The molecule has 14 N–H and O–H groups in total. The van der Waals surface area contributed by atoms with Crippen molar-refractivity contribution in [2.45, 2.75) is 0 Å². The highest BCUT2D eigenvalue weighted by Gasteiger charge is 1.58. The topological polar surface area (TPSA) is 180 Å². The molecule has 0 aromatic carbocycles. The van der Waals surface area contributed by atoms with Gasteiger partial charge in [-0.15, -0.1) is 0 Å². The first-order valence-electron chi connectivity index (χ1n) is 1.13. The zero-order chi connectivity index (χ0) is 3.41. The summed E-state index contributed by atoms with van der Waals surface area (Å²) in [6.45, 7) is -0.250. The Morgan fingerprint density at radius 3 is 0.750 bits per heavy atom. The zero-order valence-corrected chi connectivity index (χ0v) is 5.14. The average Bonchev–Trinajstić information content (AvgIpc) is 1.37. The van der Waals surface area contributed by atoms with E-state index < -0.39 is 0 Å². The second kappa shape index (κ2) is 72.4. The molecule has 58 valence electrons. The third-order valence-electron chi connectivity index (χ3n) is 0.1000. The van der Waals surface area contributed by atoms with E-state index in [1.54, 1.807) is 0 Å². The molecule has 0 aliphatic carbocycles. The Kier molecular flexibility index (Phi) is 421. The standard InChI is InChI=1S/C2H6O2.4H3N/c3-1-2-4;;;;/h3-4H,1-2H2;4*1H3. The minimum atomic E-state index is -0.125. The Labute approximate surface area is 49.2 Å². The normalized spacial score (nSPS) is 3.75. The van der Waals surface area contributed by atoms with Crippen LogP contribution in [0, 0.1) is 0 Å². The summed E-state index contributed by atoms with van der Waals surface area (Å²) < 4.78 is 0. The molecule has 8 heavy (non-hydrogen) atoms. The molecular weight excluding hydrogens is 112 g/mol. The van der Waals surface area contributed by atoms with Crippen LogP contribution >= 0.6 is 0 Å². The molecule has 0 fully saturated rings. The molecule has 0 aromatic rings. The highest BCUT2D eigenvalue weighted by molar-refractivity contribution is 4.06. The second-order valence-electron chi connectivity index (χ2n) is 0.447. The lowest BCUT2D eigenvalue weighted by Crippen LogP contribution is -1.85. The largest absolute Gasteiger partial charge is 0.394 e. The molecule has 0 aliphatic heterocycles. The maximum atomic E-state index is 7.62. The lowest BCUT2D eigenvalue weighted by molar-refractivity contribution is 0.186. The van der Waals surface area contributed by atoms with Crippen molar-refractivity contribution in [1.29, 1.82) is 0 Å². The SMILES string of the molecule is N.N.N.N.OCCO. The first-order valence-corrected chi connectivity index (χ1v) is 1.13. The highest BCUT2D eigenvalue weighted by atomic mass is 16.3.